The number of hydrogen-bond acceptors (Lipinski definition) is 4. The van der Waals surface area contributed by atoms with Crippen molar-refractivity contribution < 1.29 is 18.0 Å². The fraction of sp³-hybridized carbons (Fsp3) is 0.259. The molecule has 1 atom stereocenters. The van der Waals surface area contributed by atoms with E-state index in [1.54, 1.807) is 25.1 Å². The van der Waals surface area contributed by atoms with Crippen LogP contribution < -0.4 is 9.62 Å². The zero-order valence-corrected chi connectivity index (χ0v) is 22.9. The molecule has 0 fully saturated rings. The summed E-state index contributed by atoms with van der Waals surface area (Å²) in [6.07, 6.45) is 0.353. The third-order valence-corrected chi connectivity index (χ3v) is 7.98. The van der Waals surface area contributed by atoms with Gasteiger partial charge < -0.3 is 10.2 Å². The van der Waals surface area contributed by atoms with Gasteiger partial charge in [-0.1, -0.05) is 66.5 Å². The molecular weight excluding hydrogens is 533 g/mol. The number of halogens is 2. The van der Waals surface area contributed by atoms with Crippen LogP contribution in [0.1, 0.15) is 25.8 Å². The summed E-state index contributed by atoms with van der Waals surface area (Å²) in [5, 5.41) is 3.47. The van der Waals surface area contributed by atoms with Gasteiger partial charge >= 0.3 is 0 Å². The molecule has 0 saturated carbocycles. The fourth-order valence-corrected chi connectivity index (χ4v) is 5.60. The predicted molar refractivity (Wildman–Crippen MR) is 147 cm³/mol. The van der Waals surface area contributed by atoms with Crippen molar-refractivity contribution in [2.45, 2.75) is 37.8 Å². The van der Waals surface area contributed by atoms with Crippen molar-refractivity contribution >= 4 is 50.7 Å². The molecule has 2 amide bonds. The van der Waals surface area contributed by atoms with Crippen LogP contribution in [0, 0.1) is 0 Å². The van der Waals surface area contributed by atoms with Gasteiger partial charge in [0.25, 0.3) is 10.0 Å². The lowest BCUT2D eigenvalue weighted by Crippen LogP contribution is -2.52. The van der Waals surface area contributed by atoms with Gasteiger partial charge in [0, 0.05) is 23.1 Å². The van der Waals surface area contributed by atoms with Gasteiger partial charge in [-0.05, 0) is 61.4 Å². The Morgan fingerprint density at radius 2 is 1.57 bits per heavy atom. The number of rotatable bonds is 11. The average Bonchev–Trinajstić information content (AvgIpc) is 2.88. The van der Waals surface area contributed by atoms with Crippen molar-refractivity contribution in [3.63, 3.8) is 0 Å². The van der Waals surface area contributed by atoms with Gasteiger partial charge in [0.15, 0.2) is 0 Å². The van der Waals surface area contributed by atoms with Crippen LogP contribution in [0.15, 0.2) is 83.8 Å². The van der Waals surface area contributed by atoms with E-state index in [2.05, 4.69) is 5.32 Å². The summed E-state index contributed by atoms with van der Waals surface area (Å²) in [4.78, 5) is 28.1. The molecule has 0 saturated heterocycles. The van der Waals surface area contributed by atoms with Crippen molar-refractivity contribution in [1.29, 1.82) is 0 Å². The van der Waals surface area contributed by atoms with E-state index in [1.807, 2.05) is 37.3 Å². The minimum absolute atomic E-state index is 0.0324. The normalized spacial score (nSPS) is 12.0. The van der Waals surface area contributed by atoms with E-state index >= 15 is 0 Å². The minimum Gasteiger partial charge on any atom is -0.355 e. The first-order valence-electron chi connectivity index (χ1n) is 11.8. The second-order valence-electron chi connectivity index (χ2n) is 8.27. The van der Waals surface area contributed by atoms with E-state index in [0.717, 1.165) is 9.87 Å². The number of carbonyl (C=O) groups is 2. The van der Waals surface area contributed by atoms with Gasteiger partial charge in [-0.15, -0.1) is 0 Å². The molecule has 0 aliphatic heterocycles. The SMILES string of the molecule is CCNC(=O)[C@@H](CC)N(Cc1ccccc1)C(=O)CN(c1cccc(Cl)c1)S(=O)(=O)c1ccc(Cl)cc1. The van der Waals surface area contributed by atoms with Crippen molar-refractivity contribution in [3.8, 4) is 0 Å². The highest BCUT2D eigenvalue weighted by Crippen LogP contribution is 2.27. The molecule has 0 unspecified atom stereocenters. The van der Waals surface area contributed by atoms with Crippen LogP contribution in [-0.2, 0) is 26.2 Å². The van der Waals surface area contributed by atoms with Gasteiger partial charge in [-0.2, -0.15) is 0 Å². The van der Waals surface area contributed by atoms with Gasteiger partial charge in [0.05, 0.1) is 10.6 Å². The number of nitrogens with one attached hydrogen (secondary N) is 1. The minimum atomic E-state index is -4.18. The van der Waals surface area contributed by atoms with Gasteiger partial charge in [0.2, 0.25) is 11.8 Å². The average molecular weight is 563 g/mol. The van der Waals surface area contributed by atoms with Crippen LogP contribution in [0.4, 0.5) is 5.69 Å². The van der Waals surface area contributed by atoms with Crippen molar-refractivity contribution in [1.82, 2.24) is 10.2 Å². The van der Waals surface area contributed by atoms with Gasteiger partial charge in [-0.25, -0.2) is 8.42 Å². The second-order valence-corrected chi connectivity index (χ2v) is 11.0. The molecule has 10 heteroatoms. The van der Waals surface area contributed by atoms with Crippen LogP contribution in [0.5, 0.6) is 0 Å². The van der Waals surface area contributed by atoms with Gasteiger partial charge in [-0.3, -0.25) is 13.9 Å². The van der Waals surface area contributed by atoms with E-state index in [4.69, 9.17) is 23.2 Å². The Balaban J connectivity index is 2.05. The molecule has 196 valence electrons. The first kappa shape index (κ1) is 28.5. The summed E-state index contributed by atoms with van der Waals surface area (Å²) in [5.74, 6) is -0.830. The third kappa shape index (κ3) is 7.25. The summed E-state index contributed by atoms with van der Waals surface area (Å²) in [7, 11) is -4.18. The topological polar surface area (TPSA) is 86.8 Å². The summed E-state index contributed by atoms with van der Waals surface area (Å²) in [6.45, 7) is 3.62. The quantitative estimate of drug-likeness (QED) is 0.351. The molecule has 37 heavy (non-hydrogen) atoms. The Morgan fingerprint density at radius 3 is 2.16 bits per heavy atom. The zero-order valence-electron chi connectivity index (χ0n) is 20.6. The maximum Gasteiger partial charge on any atom is 0.264 e. The maximum atomic E-state index is 13.8. The lowest BCUT2D eigenvalue weighted by Gasteiger charge is -2.33. The number of anilines is 1. The molecule has 0 aliphatic carbocycles. The summed E-state index contributed by atoms with van der Waals surface area (Å²) in [5.41, 5.74) is 1.04. The Hall–Kier alpha value is -3.07. The van der Waals surface area contributed by atoms with E-state index in [-0.39, 0.29) is 23.0 Å². The molecule has 7 nitrogen and oxygen atoms in total. The molecule has 3 aromatic rings. The summed E-state index contributed by atoms with van der Waals surface area (Å²) >= 11 is 12.1. The molecule has 3 aromatic carbocycles. The summed E-state index contributed by atoms with van der Waals surface area (Å²) < 4.78 is 28.5. The van der Waals surface area contributed by atoms with E-state index in [0.29, 0.717) is 23.0 Å². The van der Waals surface area contributed by atoms with Crippen molar-refractivity contribution in [2.24, 2.45) is 0 Å². The molecule has 0 aliphatic rings. The predicted octanol–water partition coefficient (Wildman–Crippen LogP) is 5.13. The monoisotopic (exact) mass is 561 g/mol. The fourth-order valence-electron chi connectivity index (χ4n) is 3.89. The Morgan fingerprint density at radius 1 is 0.892 bits per heavy atom. The van der Waals surface area contributed by atoms with Crippen LogP contribution in [0.25, 0.3) is 0 Å². The molecule has 0 spiro atoms. The summed E-state index contributed by atoms with van der Waals surface area (Å²) in [6, 6.07) is 20.4. The molecule has 1 N–H and O–H groups in total. The largest absolute Gasteiger partial charge is 0.355 e. The molecule has 0 aromatic heterocycles. The lowest BCUT2D eigenvalue weighted by molar-refractivity contribution is -0.140. The van der Waals surface area contributed by atoms with Crippen LogP contribution in [0.3, 0.4) is 0 Å². The number of carbonyl (C=O) groups excluding carboxylic acids is 2. The van der Waals surface area contributed by atoms with Crippen LogP contribution >= 0.6 is 23.2 Å². The molecule has 3 rings (SSSR count). The van der Waals surface area contributed by atoms with Crippen LogP contribution in [0.2, 0.25) is 10.0 Å². The van der Waals surface area contributed by atoms with Gasteiger partial charge in [0.1, 0.15) is 12.6 Å². The zero-order chi connectivity index (χ0) is 27.0. The molecular formula is C27H29Cl2N3O4S. The highest BCUT2D eigenvalue weighted by atomic mass is 35.5. The van der Waals surface area contributed by atoms with Crippen LogP contribution in [-0.4, -0.2) is 44.3 Å². The number of benzene rings is 3. The lowest BCUT2D eigenvalue weighted by atomic mass is 10.1. The Kier molecular flexibility index (Phi) is 9.97. The number of likely N-dealkylation sites (N-methyl/N-ethyl adjacent to an activating group) is 1. The van der Waals surface area contributed by atoms with E-state index in [1.165, 1.54) is 35.2 Å². The molecule has 0 bridgehead atoms. The second kappa shape index (κ2) is 12.9. The Bertz CT molecular complexity index is 1320. The first-order chi connectivity index (χ1) is 17.7. The number of amides is 2. The van der Waals surface area contributed by atoms with Crippen molar-refractivity contribution in [2.75, 3.05) is 17.4 Å². The Labute approximate surface area is 228 Å². The smallest absolute Gasteiger partial charge is 0.264 e. The molecule has 0 radical (unpaired) electrons. The van der Waals surface area contributed by atoms with E-state index < -0.39 is 28.5 Å². The first-order valence-corrected chi connectivity index (χ1v) is 14.0. The third-order valence-electron chi connectivity index (χ3n) is 5.71. The van der Waals surface area contributed by atoms with Crippen molar-refractivity contribution in [3.05, 3.63) is 94.5 Å². The highest BCUT2D eigenvalue weighted by molar-refractivity contribution is 7.92. The molecule has 0 heterocycles. The number of hydrogen-bond donors (Lipinski definition) is 1. The standard InChI is InChI=1S/C27H29Cl2N3O4S/c1-3-25(27(34)30-4-2)31(18-20-9-6-5-7-10-20)26(33)19-32(23-12-8-11-22(29)17-23)37(35,36)24-15-13-21(28)14-16-24/h5-17,25H,3-4,18-19H2,1-2H3,(H,30,34)/t25-/m1/s1. The maximum absolute atomic E-state index is 13.8. The highest BCUT2D eigenvalue weighted by Gasteiger charge is 2.33. The van der Waals surface area contributed by atoms with E-state index in [9.17, 15) is 18.0 Å². The number of nitrogens with zero attached hydrogens (tertiary/aromatic N) is 2. The number of sulfonamides is 1.